The molecule has 0 aromatic rings. The molecule has 1 unspecified atom stereocenters. The molecule has 116 valence electrons. The maximum atomic E-state index is 11.7. The van der Waals surface area contributed by atoms with Gasteiger partial charge in [0, 0.05) is 6.04 Å². The zero-order valence-electron chi connectivity index (χ0n) is 12.8. The lowest BCUT2D eigenvalue weighted by Gasteiger charge is -2.31. The predicted molar refractivity (Wildman–Crippen MR) is 75.8 cm³/mol. The molecule has 2 saturated carbocycles. The fourth-order valence-electron chi connectivity index (χ4n) is 2.38. The minimum atomic E-state index is -0.886. The van der Waals surface area contributed by atoms with Crippen LogP contribution in [0.4, 0.5) is 0 Å². The lowest BCUT2D eigenvalue weighted by Crippen LogP contribution is -2.58. The Morgan fingerprint density at radius 3 is 2.30 bits per heavy atom. The second kappa shape index (κ2) is 6.00. The third-order valence-electron chi connectivity index (χ3n) is 3.79. The smallest absolute Gasteiger partial charge is 0.326 e. The van der Waals surface area contributed by atoms with E-state index in [9.17, 15) is 9.90 Å². The van der Waals surface area contributed by atoms with Crippen LogP contribution in [-0.4, -0.2) is 48.1 Å². The van der Waals surface area contributed by atoms with E-state index in [1.54, 1.807) is 0 Å². The second-order valence-electron chi connectivity index (χ2n) is 6.98. The zero-order valence-corrected chi connectivity index (χ0v) is 12.8. The van der Waals surface area contributed by atoms with Gasteiger partial charge in [0.05, 0.1) is 25.4 Å². The summed E-state index contributed by atoms with van der Waals surface area (Å²) in [7, 11) is 0. The third kappa shape index (κ3) is 4.43. The number of carboxylic acids is 1. The van der Waals surface area contributed by atoms with Gasteiger partial charge in [0.15, 0.2) is 0 Å². The van der Waals surface area contributed by atoms with Crippen molar-refractivity contribution in [2.24, 2.45) is 5.92 Å². The zero-order chi connectivity index (χ0) is 14.8. The minimum Gasteiger partial charge on any atom is -0.480 e. The molecule has 0 spiro atoms. The largest absolute Gasteiger partial charge is 0.480 e. The van der Waals surface area contributed by atoms with Crippen molar-refractivity contribution in [2.75, 3.05) is 19.8 Å². The molecule has 2 rings (SSSR count). The highest BCUT2D eigenvalue weighted by Crippen LogP contribution is 2.42. The van der Waals surface area contributed by atoms with E-state index in [2.05, 4.69) is 5.32 Å². The normalized spacial score (nSPS) is 22.6. The Morgan fingerprint density at radius 2 is 1.85 bits per heavy atom. The van der Waals surface area contributed by atoms with Gasteiger partial charge in [-0.25, -0.2) is 0 Å². The summed E-state index contributed by atoms with van der Waals surface area (Å²) in [4.78, 5) is 11.7. The minimum absolute atomic E-state index is 0.185. The van der Waals surface area contributed by atoms with Crippen LogP contribution in [0, 0.1) is 5.92 Å². The molecule has 0 aromatic heterocycles. The van der Waals surface area contributed by atoms with Crippen LogP contribution in [-0.2, 0) is 14.3 Å². The fourth-order valence-corrected chi connectivity index (χ4v) is 2.38. The van der Waals surface area contributed by atoms with Gasteiger partial charge in [-0.3, -0.25) is 10.1 Å². The molecule has 0 amide bonds. The summed E-state index contributed by atoms with van der Waals surface area (Å²) in [5.74, 6) is -0.562. The summed E-state index contributed by atoms with van der Waals surface area (Å²) in [5, 5.41) is 12.9. The average Bonchev–Trinajstić information content (AvgIpc) is 3.18. The number of hydrogen-bond donors (Lipinski definition) is 2. The average molecular weight is 285 g/mol. The van der Waals surface area contributed by atoms with Crippen LogP contribution in [0.5, 0.6) is 0 Å². The summed E-state index contributed by atoms with van der Waals surface area (Å²) >= 11 is 0. The van der Waals surface area contributed by atoms with E-state index in [1.165, 1.54) is 0 Å². The summed E-state index contributed by atoms with van der Waals surface area (Å²) in [6.07, 6.45) is 4.12. The van der Waals surface area contributed by atoms with Gasteiger partial charge in [-0.15, -0.1) is 0 Å². The molecule has 20 heavy (non-hydrogen) atoms. The van der Waals surface area contributed by atoms with E-state index < -0.39 is 11.5 Å². The van der Waals surface area contributed by atoms with E-state index in [0.717, 1.165) is 25.7 Å². The van der Waals surface area contributed by atoms with Crippen molar-refractivity contribution in [3.63, 3.8) is 0 Å². The molecule has 0 bridgehead atoms. The molecular formula is C15H27NO4. The SMILES string of the molecule is CC(C)(C)OCCOCC(NC1CC1)(C(=O)O)C1CC1. The third-order valence-corrected chi connectivity index (χ3v) is 3.79. The van der Waals surface area contributed by atoms with E-state index in [0.29, 0.717) is 19.3 Å². The second-order valence-corrected chi connectivity index (χ2v) is 6.98. The molecule has 2 N–H and O–H groups in total. The Labute approximate surface area is 121 Å². The lowest BCUT2D eigenvalue weighted by molar-refractivity contribution is -0.150. The number of carboxylic acid groups (broad SMARTS) is 1. The van der Waals surface area contributed by atoms with Gasteiger partial charge in [0.2, 0.25) is 0 Å². The van der Waals surface area contributed by atoms with Crippen LogP contribution in [0.15, 0.2) is 0 Å². The first-order valence-corrected chi connectivity index (χ1v) is 7.56. The van der Waals surface area contributed by atoms with Crippen LogP contribution < -0.4 is 5.32 Å². The van der Waals surface area contributed by atoms with Crippen LogP contribution in [0.2, 0.25) is 0 Å². The van der Waals surface area contributed by atoms with Crippen molar-refractivity contribution >= 4 is 5.97 Å². The van der Waals surface area contributed by atoms with Gasteiger partial charge in [0.25, 0.3) is 0 Å². The first-order chi connectivity index (χ1) is 9.33. The molecule has 5 heteroatoms. The van der Waals surface area contributed by atoms with Crippen molar-refractivity contribution in [1.82, 2.24) is 5.32 Å². The van der Waals surface area contributed by atoms with Crippen molar-refractivity contribution in [1.29, 1.82) is 0 Å². The molecule has 0 heterocycles. The van der Waals surface area contributed by atoms with E-state index >= 15 is 0 Å². The van der Waals surface area contributed by atoms with Crippen LogP contribution in [0.1, 0.15) is 46.5 Å². The van der Waals surface area contributed by atoms with E-state index in [1.807, 2.05) is 20.8 Å². The van der Waals surface area contributed by atoms with E-state index in [4.69, 9.17) is 9.47 Å². The fraction of sp³-hybridized carbons (Fsp3) is 0.933. The molecule has 2 aliphatic carbocycles. The van der Waals surface area contributed by atoms with Crippen molar-refractivity contribution in [3.8, 4) is 0 Å². The lowest BCUT2D eigenvalue weighted by atomic mass is 9.94. The number of aliphatic carboxylic acids is 1. The Hall–Kier alpha value is -0.650. The molecule has 2 aliphatic rings. The topological polar surface area (TPSA) is 67.8 Å². The van der Waals surface area contributed by atoms with Crippen LogP contribution in [0.3, 0.4) is 0 Å². The van der Waals surface area contributed by atoms with Gasteiger partial charge in [-0.2, -0.15) is 0 Å². The monoisotopic (exact) mass is 285 g/mol. The molecule has 2 fully saturated rings. The number of carbonyl (C=O) groups is 1. The maximum absolute atomic E-state index is 11.7. The van der Waals surface area contributed by atoms with Crippen LogP contribution in [0.25, 0.3) is 0 Å². The molecular weight excluding hydrogens is 258 g/mol. The van der Waals surface area contributed by atoms with Crippen molar-refractivity contribution < 1.29 is 19.4 Å². The van der Waals surface area contributed by atoms with Crippen molar-refractivity contribution in [2.45, 2.75) is 63.6 Å². The van der Waals surface area contributed by atoms with Gasteiger partial charge in [-0.05, 0) is 52.4 Å². The molecule has 1 atom stereocenters. The summed E-state index contributed by atoms with van der Waals surface area (Å²) in [6, 6.07) is 0.362. The Kier molecular flexibility index (Phi) is 4.72. The number of hydrogen-bond acceptors (Lipinski definition) is 4. The molecule has 0 aliphatic heterocycles. The highest BCUT2D eigenvalue weighted by molar-refractivity contribution is 5.80. The number of ether oxygens (including phenoxy) is 2. The maximum Gasteiger partial charge on any atom is 0.326 e. The standard InChI is InChI=1S/C15H27NO4/c1-14(2,3)20-9-8-19-10-15(13(17)18,11-4-5-11)16-12-6-7-12/h11-12,16H,4-10H2,1-3H3,(H,17,18). The molecule has 0 radical (unpaired) electrons. The first-order valence-electron chi connectivity index (χ1n) is 7.56. The quantitative estimate of drug-likeness (QED) is 0.632. The molecule has 5 nitrogen and oxygen atoms in total. The Balaban J connectivity index is 1.80. The van der Waals surface area contributed by atoms with Crippen LogP contribution >= 0.6 is 0 Å². The highest BCUT2D eigenvalue weighted by atomic mass is 16.5. The van der Waals surface area contributed by atoms with Gasteiger partial charge >= 0.3 is 5.97 Å². The summed E-state index contributed by atoms with van der Waals surface area (Å²) < 4.78 is 11.2. The Bertz CT molecular complexity index is 344. The predicted octanol–water partition coefficient (Wildman–Crippen LogP) is 1.80. The van der Waals surface area contributed by atoms with Gasteiger partial charge < -0.3 is 14.6 Å². The molecule has 0 saturated heterocycles. The molecule has 0 aromatic carbocycles. The summed E-state index contributed by atoms with van der Waals surface area (Å²) in [5.41, 5.74) is -1.07. The van der Waals surface area contributed by atoms with Crippen molar-refractivity contribution in [3.05, 3.63) is 0 Å². The Morgan fingerprint density at radius 1 is 1.20 bits per heavy atom. The highest BCUT2D eigenvalue weighted by Gasteiger charge is 2.53. The van der Waals surface area contributed by atoms with Gasteiger partial charge in [0.1, 0.15) is 5.54 Å². The first kappa shape index (κ1) is 15.7. The summed E-state index contributed by atoms with van der Waals surface area (Å²) in [6.45, 7) is 7.14. The van der Waals surface area contributed by atoms with E-state index in [-0.39, 0.29) is 18.1 Å². The van der Waals surface area contributed by atoms with Gasteiger partial charge in [-0.1, -0.05) is 0 Å². The number of nitrogens with one attached hydrogen (secondary N) is 1. The number of rotatable bonds is 9.